The predicted molar refractivity (Wildman–Crippen MR) is 88.8 cm³/mol. The fraction of sp³-hybridized carbons (Fsp3) is 0.647. The lowest BCUT2D eigenvalue weighted by Gasteiger charge is -2.35. The zero-order valence-electron chi connectivity index (χ0n) is 12.8. The summed E-state index contributed by atoms with van der Waals surface area (Å²) in [6.45, 7) is 4.69. The SMILES string of the molecule is CCCN(CCCSC)[C@@H]1CCc2c(O)cccc2C1. The van der Waals surface area contributed by atoms with Crippen LogP contribution in [-0.4, -0.2) is 41.1 Å². The van der Waals surface area contributed by atoms with E-state index < -0.39 is 0 Å². The molecule has 0 aliphatic heterocycles. The molecule has 0 aromatic heterocycles. The minimum Gasteiger partial charge on any atom is -0.508 e. The monoisotopic (exact) mass is 293 g/mol. The van der Waals surface area contributed by atoms with E-state index in [1.54, 1.807) is 0 Å². The van der Waals surface area contributed by atoms with Gasteiger partial charge in [-0.1, -0.05) is 19.1 Å². The number of phenolic OH excluding ortho intramolecular Hbond substituents is 1. The fourth-order valence-electron chi connectivity index (χ4n) is 3.26. The smallest absolute Gasteiger partial charge is 0.119 e. The van der Waals surface area contributed by atoms with E-state index in [2.05, 4.69) is 24.1 Å². The lowest BCUT2D eigenvalue weighted by molar-refractivity contribution is 0.180. The van der Waals surface area contributed by atoms with Gasteiger partial charge in [-0.2, -0.15) is 11.8 Å². The molecule has 0 heterocycles. The normalized spacial score (nSPS) is 18.2. The number of hydrogen-bond acceptors (Lipinski definition) is 3. The van der Waals surface area contributed by atoms with E-state index in [1.165, 1.54) is 49.2 Å². The van der Waals surface area contributed by atoms with Crippen LogP contribution in [0.4, 0.5) is 0 Å². The highest BCUT2D eigenvalue weighted by atomic mass is 32.2. The molecule has 1 atom stereocenters. The summed E-state index contributed by atoms with van der Waals surface area (Å²) in [5, 5.41) is 9.94. The number of fused-ring (bicyclic) bond motifs is 1. The second-order valence-electron chi connectivity index (χ2n) is 5.69. The quantitative estimate of drug-likeness (QED) is 0.775. The molecular weight excluding hydrogens is 266 g/mol. The Morgan fingerprint density at radius 1 is 1.35 bits per heavy atom. The van der Waals surface area contributed by atoms with Crippen molar-refractivity contribution in [2.45, 2.75) is 45.1 Å². The van der Waals surface area contributed by atoms with Crippen molar-refractivity contribution in [3.8, 4) is 5.75 Å². The molecule has 1 N–H and O–H groups in total. The predicted octanol–water partition coefficient (Wildman–Crippen LogP) is 3.71. The van der Waals surface area contributed by atoms with Crippen molar-refractivity contribution in [2.24, 2.45) is 0 Å². The van der Waals surface area contributed by atoms with Gasteiger partial charge in [-0.3, -0.25) is 0 Å². The summed E-state index contributed by atoms with van der Waals surface area (Å²) in [6, 6.07) is 6.65. The van der Waals surface area contributed by atoms with Crippen molar-refractivity contribution in [2.75, 3.05) is 25.1 Å². The first kappa shape index (κ1) is 15.7. The first-order chi connectivity index (χ1) is 9.76. The van der Waals surface area contributed by atoms with Crippen molar-refractivity contribution in [1.82, 2.24) is 4.90 Å². The third kappa shape index (κ3) is 3.92. The summed E-state index contributed by atoms with van der Waals surface area (Å²) in [5.41, 5.74) is 2.54. The Morgan fingerprint density at radius 3 is 2.95 bits per heavy atom. The molecule has 1 aromatic rings. The lowest BCUT2D eigenvalue weighted by atomic mass is 9.86. The molecule has 2 rings (SSSR count). The minimum atomic E-state index is 0.491. The molecule has 1 aliphatic carbocycles. The van der Waals surface area contributed by atoms with Gasteiger partial charge in [0.15, 0.2) is 0 Å². The van der Waals surface area contributed by atoms with Gasteiger partial charge in [0, 0.05) is 6.04 Å². The zero-order chi connectivity index (χ0) is 14.4. The van der Waals surface area contributed by atoms with Crippen LogP contribution in [0.25, 0.3) is 0 Å². The van der Waals surface area contributed by atoms with Crippen molar-refractivity contribution in [1.29, 1.82) is 0 Å². The first-order valence-electron chi connectivity index (χ1n) is 7.79. The highest BCUT2D eigenvalue weighted by molar-refractivity contribution is 7.98. The molecule has 20 heavy (non-hydrogen) atoms. The number of thioether (sulfide) groups is 1. The Labute approximate surface area is 127 Å². The molecule has 0 unspecified atom stereocenters. The second-order valence-corrected chi connectivity index (χ2v) is 6.68. The van der Waals surface area contributed by atoms with Crippen LogP contribution >= 0.6 is 11.8 Å². The topological polar surface area (TPSA) is 23.5 Å². The van der Waals surface area contributed by atoms with E-state index in [-0.39, 0.29) is 0 Å². The van der Waals surface area contributed by atoms with E-state index >= 15 is 0 Å². The summed E-state index contributed by atoms with van der Waals surface area (Å²) >= 11 is 1.94. The maximum absolute atomic E-state index is 9.94. The molecule has 3 heteroatoms. The van der Waals surface area contributed by atoms with Crippen molar-refractivity contribution >= 4 is 11.8 Å². The molecule has 1 aromatic carbocycles. The summed E-state index contributed by atoms with van der Waals surface area (Å²) < 4.78 is 0. The standard InChI is InChI=1S/C17H27NOS/c1-3-10-18(11-5-12-20-2)15-8-9-16-14(13-15)6-4-7-17(16)19/h4,6-7,15,19H,3,5,8-13H2,1-2H3/t15-/m1/s1. The molecule has 0 bridgehead atoms. The first-order valence-corrected chi connectivity index (χ1v) is 9.18. The maximum atomic E-state index is 9.94. The van der Waals surface area contributed by atoms with E-state index in [4.69, 9.17) is 0 Å². The number of benzene rings is 1. The maximum Gasteiger partial charge on any atom is 0.119 e. The molecule has 0 fully saturated rings. The van der Waals surface area contributed by atoms with E-state index in [0.29, 0.717) is 11.8 Å². The van der Waals surface area contributed by atoms with Crippen LogP contribution in [-0.2, 0) is 12.8 Å². The largest absolute Gasteiger partial charge is 0.508 e. The Morgan fingerprint density at radius 2 is 2.20 bits per heavy atom. The lowest BCUT2D eigenvalue weighted by Crippen LogP contribution is -2.40. The molecule has 0 amide bonds. The van der Waals surface area contributed by atoms with Gasteiger partial charge in [-0.05, 0) is 74.4 Å². The summed E-state index contributed by atoms with van der Waals surface area (Å²) in [4.78, 5) is 2.67. The third-order valence-corrected chi connectivity index (χ3v) is 4.95. The minimum absolute atomic E-state index is 0.491. The average Bonchev–Trinajstić information content (AvgIpc) is 2.46. The Hall–Kier alpha value is -0.670. The third-order valence-electron chi connectivity index (χ3n) is 4.25. The van der Waals surface area contributed by atoms with Gasteiger partial charge in [-0.15, -0.1) is 0 Å². The number of phenols is 1. The molecule has 0 radical (unpaired) electrons. The average molecular weight is 293 g/mol. The number of hydrogen-bond donors (Lipinski definition) is 1. The molecule has 2 nitrogen and oxygen atoms in total. The van der Waals surface area contributed by atoms with Crippen LogP contribution in [0.2, 0.25) is 0 Å². The molecular formula is C17H27NOS. The fourth-order valence-corrected chi connectivity index (χ4v) is 3.67. The summed E-state index contributed by atoms with van der Waals surface area (Å²) in [6.07, 6.45) is 8.00. The number of rotatable bonds is 7. The molecule has 112 valence electrons. The summed E-state index contributed by atoms with van der Waals surface area (Å²) in [7, 11) is 0. The van der Waals surface area contributed by atoms with E-state index in [0.717, 1.165) is 12.8 Å². The van der Waals surface area contributed by atoms with Crippen LogP contribution in [0.15, 0.2) is 18.2 Å². The van der Waals surface area contributed by atoms with Gasteiger partial charge >= 0.3 is 0 Å². The van der Waals surface area contributed by atoms with Gasteiger partial charge in [0.2, 0.25) is 0 Å². The Balaban J connectivity index is 2.01. The van der Waals surface area contributed by atoms with Crippen molar-refractivity contribution in [3.05, 3.63) is 29.3 Å². The van der Waals surface area contributed by atoms with E-state index in [9.17, 15) is 5.11 Å². The van der Waals surface area contributed by atoms with Crippen LogP contribution in [0, 0.1) is 0 Å². The van der Waals surface area contributed by atoms with Crippen LogP contribution in [0.5, 0.6) is 5.75 Å². The van der Waals surface area contributed by atoms with Gasteiger partial charge in [0.25, 0.3) is 0 Å². The molecule has 1 aliphatic rings. The number of aromatic hydroxyl groups is 1. The van der Waals surface area contributed by atoms with Gasteiger partial charge in [0.05, 0.1) is 0 Å². The highest BCUT2D eigenvalue weighted by Crippen LogP contribution is 2.30. The molecule has 0 saturated carbocycles. The van der Waals surface area contributed by atoms with E-state index in [1.807, 2.05) is 23.9 Å². The summed E-state index contributed by atoms with van der Waals surface area (Å²) in [5.74, 6) is 1.75. The second kappa shape index (κ2) is 7.94. The zero-order valence-corrected chi connectivity index (χ0v) is 13.6. The Bertz CT molecular complexity index is 421. The van der Waals surface area contributed by atoms with Crippen LogP contribution in [0.3, 0.4) is 0 Å². The van der Waals surface area contributed by atoms with Crippen LogP contribution in [0.1, 0.15) is 37.3 Å². The van der Waals surface area contributed by atoms with Gasteiger partial charge < -0.3 is 10.0 Å². The van der Waals surface area contributed by atoms with Crippen molar-refractivity contribution < 1.29 is 5.11 Å². The van der Waals surface area contributed by atoms with Crippen LogP contribution < -0.4 is 0 Å². The molecule has 0 saturated heterocycles. The van der Waals surface area contributed by atoms with Gasteiger partial charge in [-0.25, -0.2) is 0 Å². The molecule has 0 spiro atoms. The Kier molecular flexibility index (Phi) is 6.24. The van der Waals surface area contributed by atoms with Crippen molar-refractivity contribution in [3.63, 3.8) is 0 Å². The van der Waals surface area contributed by atoms with Gasteiger partial charge in [0.1, 0.15) is 5.75 Å². The highest BCUT2D eigenvalue weighted by Gasteiger charge is 2.24. The number of nitrogens with zero attached hydrogens (tertiary/aromatic N) is 1.